The van der Waals surface area contributed by atoms with Crippen LogP contribution in [0.2, 0.25) is 0 Å². The first kappa shape index (κ1) is 32.1. The van der Waals surface area contributed by atoms with Gasteiger partial charge >= 0.3 is 6.18 Å². The van der Waals surface area contributed by atoms with Crippen LogP contribution in [0.25, 0.3) is 10.9 Å². The predicted molar refractivity (Wildman–Crippen MR) is 156 cm³/mol. The summed E-state index contributed by atoms with van der Waals surface area (Å²) in [6.45, 7) is 3.01. The molecule has 0 atom stereocenters. The van der Waals surface area contributed by atoms with Gasteiger partial charge in [0.25, 0.3) is 12.4 Å². The van der Waals surface area contributed by atoms with Crippen molar-refractivity contribution >= 4 is 29.0 Å². The highest BCUT2D eigenvalue weighted by Crippen LogP contribution is 2.37. The van der Waals surface area contributed by atoms with Crippen molar-refractivity contribution in [3.8, 4) is 0 Å². The van der Waals surface area contributed by atoms with E-state index in [1.54, 1.807) is 36.2 Å². The van der Waals surface area contributed by atoms with E-state index in [9.17, 15) is 23.1 Å². The van der Waals surface area contributed by atoms with E-state index in [0.29, 0.717) is 12.0 Å². The molecule has 2 N–H and O–H groups in total. The maximum absolute atomic E-state index is 12.9. The molecule has 42 heavy (non-hydrogen) atoms. The van der Waals surface area contributed by atoms with E-state index in [1.807, 2.05) is 12.3 Å². The second kappa shape index (κ2) is 14.5. The number of methoxy groups -OCH3 is 1. The number of aromatic nitrogens is 1. The Morgan fingerprint density at radius 1 is 1.02 bits per heavy atom. The monoisotopic (exact) mass is 581 g/mol. The van der Waals surface area contributed by atoms with E-state index in [1.165, 1.54) is 30.2 Å². The highest BCUT2D eigenvalue weighted by Gasteiger charge is 2.38. The van der Waals surface area contributed by atoms with Crippen LogP contribution in [0, 0.1) is 6.92 Å². The number of aliphatic hydroxyl groups is 1. The van der Waals surface area contributed by atoms with Crippen molar-refractivity contribution in [2.24, 2.45) is 0 Å². The molecule has 0 aliphatic carbocycles. The Labute approximate surface area is 243 Å². The molecule has 10 heteroatoms. The molecule has 1 aliphatic rings. The van der Waals surface area contributed by atoms with Crippen LogP contribution in [0.3, 0.4) is 0 Å². The first-order chi connectivity index (χ1) is 20.0. The van der Waals surface area contributed by atoms with Gasteiger partial charge in [-0.05, 0) is 73.4 Å². The number of hydrogen-bond donors (Lipinski definition) is 2. The van der Waals surface area contributed by atoms with Gasteiger partial charge in [-0.25, -0.2) is 0 Å². The van der Waals surface area contributed by atoms with Crippen LogP contribution in [-0.4, -0.2) is 54.6 Å². The number of hydrogen-bond acceptors (Lipinski definition) is 6. The number of nitrogens with zero attached hydrogens (tertiary/aromatic N) is 2. The molecule has 1 amide bonds. The number of anilines is 1. The first-order valence-corrected chi connectivity index (χ1v) is 13.3. The highest BCUT2D eigenvalue weighted by atomic mass is 19.4. The maximum Gasteiger partial charge on any atom is 0.416 e. The molecule has 7 nitrogen and oxygen atoms in total. The molecule has 1 saturated heterocycles. The van der Waals surface area contributed by atoms with Crippen molar-refractivity contribution in [1.29, 1.82) is 0 Å². The Kier molecular flexibility index (Phi) is 11.0. The van der Waals surface area contributed by atoms with Crippen LogP contribution in [0.1, 0.15) is 39.9 Å². The van der Waals surface area contributed by atoms with Crippen molar-refractivity contribution in [2.45, 2.75) is 31.5 Å². The molecule has 0 radical (unpaired) electrons. The molecule has 3 aromatic carbocycles. The van der Waals surface area contributed by atoms with Crippen LogP contribution in [-0.2, 0) is 21.3 Å². The number of nitrogens with one attached hydrogen (secondary N) is 1. The van der Waals surface area contributed by atoms with E-state index in [0.717, 1.165) is 23.3 Å². The van der Waals surface area contributed by atoms with E-state index in [2.05, 4.69) is 46.2 Å². The molecule has 0 spiro atoms. The van der Waals surface area contributed by atoms with Gasteiger partial charge in [0.1, 0.15) is 0 Å². The first-order valence-electron chi connectivity index (χ1n) is 13.3. The number of pyridine rings is 1. The number of rotatable bonds is 4. The molecular formula is C32H34F3N3O4. The van der Waals surface area contributed by atoms with Gasteiger partial charge in [-0.3, -0.25) is 14.6 Å². The summed E-state index contributed by atoms with van der Waals surface area (Å²) in [6.07, 6.45) is -2.25. The largest absolute Gasteiger partial charge is 0.471 e. The van der Waals surface area contributed by atoms with Gasteiger partial charge < -0.3 is 20.1 Å². The number of para-hydroxylation sites is 1. The van der Waals surface area contributed by atoms with Gasteiger partial charge in [-0.15, -0.1) is 0 Å². The lowest BCUT2D eigenvalue weighted by molar-refractivity contribution is -0.137. The molecule has 0 unspecified atom stereocenters. The van der Waals surface area contributed by atoms with E-state index < -0.39 is 17.3 Å². The van der Waals surface area contributed by atoms with Crippen molar-refractivity contribution in [1.82, 2.24) is 9.88 Å². The van der Waals surface area contributed by atoms with Crippen LogP contribution < -0.4 is 5.32 Å². The molecule has 1 fully saturated rings. The molecule has 2 heterocycles. The van der Waals surface area contributed by atoms with Crippen molar-refractivity contribution in [3.05, 3.63) is 107 Å². The number of amides is 1. The smallest absolute Gasteiger partial charge is 0.416 e. The molecule has 5 rings (SSSR count). The number of aryl methyl sites for hydroxylation is 1. The minimum absolute atomic E-state index is 0.149. The Morgan fingerprint density at radius 2 is 1.64 bits per heavy atom. The van der Waals surface area contributed by atoms with Gasteiger partial charge in [0, 0.05) is 43.0 Å². The van der Waals surface area contributed by atoms with Gasteiger partial charge in [-0.2, -0.15) is 13.2 Å². The minimum Gasteiger partial charge on any atom is -0.471 e. The average Bonchev–Trinajstić information content (AvgIpc) is 3.01. The van der Waals surface area contributed by atoms with Gasteiger partial charge in [-0.1, -0.05) is 36.4 Å². The zero-order chi connectivity index (χ0) is 30.8. The number of alkyl halides is 3. The van der Waals surface area contributed by atoms with Gasteiger partial charge in [0.05, 0.1) is 23.8 Å². The maximum atomic E-state index is 12.9. The summed E-state index contributed by atoms with van der Waals surface area (Å²) in [5, 5.41) is 15.1. The highest BCUT2D eigenvalue weighted by molar-refractivity contribution is 5.94. The van der Waals surface area contributed by atoms with E-state index in [-0.39, 0.29) is 37.4 Å². The summed E-state index contributed by atoms with van der Waals surface area (Å²) in [7, 11) is 3.10. The zero-order valence-corrected chi connectivity index (χ0v) is 23.7. The molecule has 1 aliphatic heterocycles. The Morgan fingerprint density at radius 3 is 2.21 bits per heavy atom. The third-order valence-corrected chi connectivity index (χ3v) is 6.96. The van der Waals surface area contributed by atoms with Crippen molar-refractivity contribution in [2.75, 3.05) is 32.6 Å². The lowest BCUT2D eigenvalue weighted by Crippen LogP contribution is -2.45. The van der Waals surface area contributed by atoms with Crippen LogP contribution in [0.4, 0.5) is 18.9 Å². The van der Waals surface area contributed by atoms with Gasteiger partial charge in [0.2, 0.25) is 0 Å². The van der Waals surface area contributed by atoms with Crippen LogP contribution >= 0.6 is 0 Å². The fourth-order valence-corrected chi connectivity index (χ4v) is 4.57. The summed E-state index contributed by atoms with van der Waals surface area (Å²) >= 11 is 0. The summed E-state index contributed by atoms with van der Waals surface area (Å²) in [5.41, 5.74) is 1.87. The van der Waals surface area contributed by atoms with Crippen molar-refractivity contribution < 1.29 is 32.6 Å². The quantitative estimate of drug-likeness (QED) is 0.279. The summed E-state index contributed by atoms with van der Waals surface area (Å²) < 4.78 is 42.7. The molecule has 4 aromatic rings. The molecule has 0 bridgehead atoms. The lowest BCUT2D eigenvalue weighted by Gasteiger charge is -2.38. The second-order valence-corrected chi connectivity index (χ2v) is 9.71. The topological polar surface area (TPSA) is 91.8 Å². The van der Waals surface area contributed by atoms with E-state index >= 15 is 0 Å². The Bertz CT molecular complexity index is 1460. The third-order valence-electron chi connectivity index (χ3n) is 6.96. The number of carbonyl (C=O) groups is 2. The number of benzene rings is 3. The number of carbonyl (C=O) groups excluding carboxylic acids is 2. The fraction of sp³-hybridized carbons (Fsp3) is 0.281. The van der Waals surface area contributed by atoms with Gasteiger partial charge in [0.15, 0.2) is 0 Å². The SMILES string of the molecule is CNc1ccc(C(=O)N2CCC(O)(c3cccc(C(F)(F)F)c3)CC2)cc1.COC=O.Cc1cccc2cccnc12. The second-order valence-electron chi connectivity index (χ2n) is 9.71. The number of ether oxygens (including phenoxy) is 1. The average molecular weight is 582 g/mol. The summed E-state index contributed by atoms with van der Waals surface area (Å²) in [4.78, 5) is 27.5. The Hall–Kier alpha value is -4.44. The fourth-order valence-electron chi connectivity index (χ4n) is 4.57. The summed E-state index contributed by atoms with van der Waals surface area (Å²) in [6, 6.07) is 22.1. The van der Waals surface area contributed by atoms with E-state index in [4.69, 9.17) is 4.79 Å². The number of halogens is 3. The molecule has 1 aromatic heterocycles. The van der Waals surface area contributed by atoms with Crippen LogP contribution in [0.5, 0.6) is 0 Å². The standard InChI is InChI=1S/C20H21F3N2O2.C10H9N.C2H4O2/c1-24-17-7-5-14(6-8-17)18(26)25-11-9-19(27,10-12-25)15-3-2-4-16(13-15)20(21,22)23;1-8-4-2-5-9-6-3-7-11-10(8)9;1-4-2-3/h2-8,13,24,27H,9-12H2,1H3;2-7H,1H3;2H,1H3. The molecular weight excluding hydrogens is 547 g/mol. The molecule has 222 valence electrons. The number of likely N-dealkylation sites (tertiary alicyclic amines) is 1. The minimum atomic E-state index is -4.46. The zero-order valence-electron chi connectivity index (χ0n) is 23.7. The number of fused-ring (bicyclic) bond motifs is 1. The Balaban J connectivity index is 0.000000264. The lowest BCUT2D eigenvalue weighted by atomic mass is 9.83. The third kappa shape index (κ3) is 8.29. The normalized spacial score (nSPS) is 14.0. The predicted octanol–water partition coefficient (Wildman–Crippen LogP) is 6.20. The van der Waals surface area contributed by atoms with Crippen molar-refractivity contribution in [3.63, 3.8) is 0 Å². The number of piperidine rings is 1. The summed E-state index contributed by atoms with van der Waals surface area (Å²) in [5.74, 6) is -0.149. The molecule has 0 saturated carbocycles. The van der Waals surface area contributed by atoms with Crippen LogP contribution in [0.15, 0.2) is 85.1 Å².